The van der Waals surface area contributed by atoms with Gasteiger partial charge in [-0.3, -0.25) is 9.69 Å². The Kier molecular flexibility index (Phi) is 1.04. The van der Waals surface area contributed by atoms with Crippen LogP contribution in [-0.2, 0) is 4.79 Å². The molecule has 0 aromatic carbocycles. The van der Waals surface area contributed by atoms with E-state index in [1.54, 1.807) is 0 Å². The maximum atomic E-state index is 10.4. The molecule has 2 aliphatic rings. The van der Waals surface area contributed by atoms with Crippen LogP contribution in [-0.4, -0.2) is 34.7 Å². The van der Waals surface area contributed by atoms with Crippen LogP contribution in [0.2, 0.25) is 0 Å². The molecule has 56 valence electrons. The van der Waals surface area contributed by atoms with Gasteiger partial charge in [-0.15, -0.1) is 0 Å². The van der Waals surface area contributed by atoms with E-state index in [0.717, 1.165) is 6.42 Å². The van der Waals surface area contributed by atoms with Crippen molar-refractivity contribution in [2.75, 3.05) is 6.54 Å². The minimum absolute atomic E-state index is 0.162. The standard InChI is InChI=1S/C6H10N2O2/c7-5-4-1-3(6(9)10)2-8(4)5/h3-5H,1-2,7H2,(H,9,10). The lowest BCUT2D eigenvalue weighted by molar-refractivity contribution is -0.141. The Bertz CT molecular complexity index is 171. The van der Waals surface area contributed by atoms with Crippen molar-refractivity contribution in [3.05, 3.63) is 0 Å². The highest BCUT2D eigenvalue weighted by Gasteiger charge is 2.53. The highest BCUT2D eigenvalue weighted by molar-refractivity contribution is 5.71. The van der Waals surface area contributed by atoms with Crippen LogP contribution in [0, 0.1) is 5.92 Å². The van der Waals surface area contributed by atoms with Crippen LogP contribution in [0.5, 0.6) is 0 Å². The SMILES string of the molecule is NC1C2CC(C(=O)O)CN12. The molecule has 0 aromatic rings. The molecule has 2 saturated heterocycles. The summed E-state index contributed by atoms with van der Waals surface area (Å²) in [5.41, 5.74) is 5.57. The lowest BCUT2D eigenvalue weighted by atomic mass is 10.1. The molecule has 0 saturated carbocycles. The molecule has 2 aliphatic heterocycles. The molecule has 4 heteroatoms. The first kappa shape index (κ1) is 6.12. The van der Waals surface area contributed by atoms with E-state index in [1.165, 1.54) is 0 Å². The van der Waals surface area contributed by atoms with Crippen molar-refractivity contribution < 1.29 is 9.90 Å². The summed E-state index contributed by atoms with van der Waals surface area (Å²) in [6, 6.07) is 0.376. The maximum Gasteiger partial charge on any atom is 0.307 e. The zero-order chi connectivity index (χ0) is 7.30. The third-order valence-corrected chi connectivity index (χ3v) is 2.42. The number of rotatable bonds is 1. The molecule has 0 aromatic heterocycles. The molecule has 0 amide bonds. The van der Waals surface area contributed by atoms with Crippen LogP contribution in [0.3, 0.4) is 0 Å². The third-order valence-electron chi connectivity index (χ3n) is 2.42. The predicted octanol–water partition coefficient (Wildman–Crippen LogP) is -0.940. The summed E-state index contributed by atoms with van der Waals surface area (Å²) in [5, 5.41) is 8.57. The van der Waals surface area contributed by atoms with Gasteiger partial charge in [0.1, 0.15) is 0 Å². The lowest BCUT2D eigenvalue weighted by Crippen LogP contribution is -2.24. The highest BCUT2D eigenvalue weighted by atomic mass is 16.4. The van der Waals surface area contributed by atoms with Gasteiger partial charge in [0.25, 0.3) is 0 Å². The lowest BCUT2D eigenvalue weighted by Gasteiger charge is -2.04. The van der Waals surface area contributed by atoms with Crippen molar-refractivity contribution in [3.63, 3.8) is 0 Å². The summed E-state index contributed by atoms with van der Waals surface area (Å²) in [4.78, 5) is 12.4. The fourth-order valence-corrected chi connectivity index (χ4v) is 1.69. The number of nitrogens with two attached hydrogens (primary N) is 1. The minimum atomic E-state index is -0.681. The Morgan fingerprint density at radius 1 is 1.70 bits per heavy atom. The molecule has 0 radical (unpaired) electrons. The van der Waals surface area contributed by atoms with Gasteiger partial charge in [0.15, 0.2) is 0 Å². The van der Waals surface area contributed by atoms with Gasteiger partial charge in [0, 0.05) is 12.6 Å². The van der Waals surface area contributed by atoms with E-state index in [0.29, 0.717) is 12.6 Å². The van der Waals surface area contributed by atoms with Crippen LogP contribution in [0.25, 0.3) is 0 Å². The number of piperidine rings is 1. The fourth-order valence-electron chi connectivity index (χ4n) is 1.69. The summed E-state index contributed by atoms with van der Waals surface area (Å²) >= 11 is 0. The molecule has 0 aliphatic carbocycles. The van der Waals surface area contributed by atoms with Crippen LogP contribution in [0.15, 0.2) is 0 Å². The van der Waals surface area contributed by atoms with Gasteiger partial charge in [0.05, 0.1) is 12.1 Å². The Morgan fingerprint density at radius 2 is 2.40 bits per heavy atom. The fraction of sp³-hybridized carbons (Fsp3) is 0.833. The van der Waals surface area contributed by atoms with Crippen molar-refractivity contribution in [3.8, 4) is 0 Å². The molecule has 10 heavy (non-hydrogen) atoms. The Labute approximate surface area is 58.6 Å². The number of nitrogens with zero attached hydrogens (tertiary/aromatic N) is 1. The second-order valence-electron chi connectivity index (χ2n) is 3.03. The van der Waals surface area contributed by atoms with Gasteiger partial charge in [-0.25, -0.2) is 0 Å². The van der Waals surface area contributed by atoms with Gasteiger partial charge >= 0.3 is 5.97 Å². The second kappa shape index (κ2) is 1.71. The zero-order valence-corrected chi connectivity index (χ0v) is 5.53. The first-order valence-corrected chi connectivity index (χ1v) is 3.44. The Balaban J connectivity index is 1.95. The van der Waals surface area contributed by atoms with Crippen molar-refractivity contribution in [1.82, 2.24) is 4.90 Å². The quantitative estimate of drug-likeness (QED) is 0.464. The highest BCUT2D eigenvalue weighted by Crippen LogP contribution is 2.38. The van der Waals surface area contributed by atoms with E-state index in [-0.39, 0.29) is 12.1 Å². The summed E-state index contributed by atoms with van der Waals surface area (Å²) in [5.74, 6) is -0.843. The molecule has 2 rings (SSSR count). The number of aliphatic carboxylic acids is 1. The number of hydrogen-bond donors (Lipinski definition) is 2. The Morgan fingerprint density at radius 3 is 2.80 bits per heavy atom. The zero-order valence-electron chi connectivity index (χ0n) is 5.53. The Hall–Kier alpha value is -0.610. The van der Waals surface area contributed by atoms with E-state index in [1.807, 2.05) is 4.90 Å². The molecule has 3 N–H and O–H groups in total. The number of fused-ring (bicyclic) bond motifs is 1. The first-order chi connectivity index (χ1) is 4.70. The van der Waals surface area contributed by atoms with Gasteiger partial charge in [-0.05, 0) is 6.42 Å². The van der Waals surface area contributed by atoms with Crippen molar-refractivity contribution in [1.29, 1.82) is 0 Å². The third kappa shape index (κ3) is 0.660. The molecule has 4 unspecified atom stereocenters. The van der Waals surface area contributed by atoms with Crippen molar-refractivity contribution >= 4 is 5.97 Å². The smallest absolute Gasteiger partial charge is 0.307 e. The second-order valence-corrected chi connectivity index (χ2v) is 3.03. The van der Waals surface area contributed by atoms with E-state index in [9.17, 15) is 4.79 Å². The molecular formula is C6H10N2O2. The van der Waals surface area contributed by atoms with E-state index in [2.05, 4.69) is 0 Å². The average Bonchev–Trinajstić information content (AvgIpc) is 2.38. The van der Waals surface area contributed by atoms with Gasteiger partial charge in [-0.2, -0.15) is 0 Å². The monoisotopic (exact) mass is 142 g/mol. The van der Waals surface area contributed by atoms with E-state index < -0.39 is 5.97 Å². The summed E-state index contributed by atoms with van der Waals surface area (Å²) in [6.45, 7) is 0.654. The van der Waals surface area contributed by atoms with Crippen molar-refractivity contribution in [2.45, 2.75) is 18.6 Å². The summed E-state index contributed by atoms with van der Waals surface area (Å²) in [7, 11) is 0. The van der Waals surface area contributed by atoms with Gasteiger partial charge in [0.2, 0.25) is 0 Å². The van der Waals surface area contributed by atoms with Crippen LogP contribution in [0.1, 0.15) is 6.42 Å². The van der Waals surface area contributed by atoms with Crippen LogP contribution in [0.4, 0.5) is 0 Å². The van der Waals surface area contributed by atoms with Crippen LogP contribution < -0.4 is 5.73 Å². The molecular weight excluding hydrogens is 132 g/mol. The molecule has 4 atom stereocenters. The van der Waals surface area contributed by atoms with Crippen LogP contribution >= 0.6 is 0 Å². The average molecular weight is 142 g/mol. The summed E-state index contributed by atoms with van der Waals surface area (Å²) in [6.07, 6.45) is 0.909. The van der Waals surface area contributed by atoms with Crippen molar-refractivity contribution in [2.24, 2.45) is 11.7 Å². The van der Waals surface area contributed by atoms with Gasteiger partial charge in [-0.1, -0.05) is 0 Å². The minimum Gasteiger partial charge on any atom is -0.481 e. The first-order valence-electron chi connectivity index (χ1n) is 3.44. The molecule has 0 bridgehead atoms. The number of hydrogen-bond acceptors (Lipinski definition) is 3. The molecule has 4 nitrogen and oxygen atoms in total. The number of carbonyl (C=O) groups is 1. The van der Waals surface area contributed by atoms with Gasteiger partial charge < -0.3 is 10.8 Å². The largest absolute Gasteiger partial charge is 0.481 e. The topological polar surface area (TPSA) is 66.3 Å². The predicted molar refractivity (Wildman–Crippen MR) is 34.2 cm³/mol. The summed E-state index contributed by atoms with van der Waals surface area (Å²) < 4.78 is 0. The van der Waals surface area contributed by atoms with E-state index >= 15 is 0 Å². The molecule has 0 spiro atoms. The van der Waals surface area contributed by atoms with E-state index in [4.69, 9.17) is 10.8 Å². The normalized spacial score (nSPS) is 50.5. The molecule has 2 fully saturated rings. The maximum absolute atomic E-state index is 10.4. The molecule has 2 heterocycles. The number of carboxylic acids is 1. The number of carboxylic acid groups (broad SMARTS) is 1.